The Morgan fingerprint density at radius 1 is 1.24 bits per heavy atom. The van der Waals surface area contributed by atoms with Crippen molar-refractivity contribution in [2.24, 2.45) is 5.92 Å². The summed E-state index contributed by atoms with van der Waals surface area (Å²) in [5.41, 5.74) is -0.635. The number of hydrogen-bond donors (Lipinski definition) is 1. The molecule has 1 N–H and O–H groups in total. The van der Waals surface area contributed by atoms with E-state index in [1.165, 1.54) is 0 Å². The average molecular weight is 246 g/mol. The second-order valence-corrected chi connectivity index (χ2v) is 4.73. The molecule has 0 spiro atoms. The average Bonchev–Trinajstić information content (AvgIpc) is 2.11. The van der Waals surface area contributed by atoms with E-state index in [2.05, 4.69) is 9.93 Å². The summed E-state index contributed by atoms with van der Waals surface area (Å²) in [6.07, 6.45) is 0.785. The zero-order chi connectivity index (χ0) is 13.6. The fourth-order valence-electron chi connectivity index (χ4n) is 0.792. The predicted octanol–water partition coefficient (Wildman–Crippen LogP) is 1.86. The molecule has 0 aromatic heterocycles. The van der Waals surface area contributed by atoms with Crippen LogP contribution in [0, 0.1) is 5.92 Å². The Morgan fingerprint density at radius 2 is 1.76 bits per heavy atom. The van der Waals surface area contributed by atoms with Crippen LogP contribution in [0.25, 0.3) is 0 Å². The number of carboxylic acid groups (broad SMARTS) is 1. The highest BCUT2D eigenvalue weighted by Crippen LogP contribution is 2.13. The molecule has 98 valence electrons. The fraction of sp³-hybridized carbons (Fsp3) is 0.636. The lowest BCUT2D eigenvalue weighted by atomic mass is 10.0. The summed E-state index contributed by atoms with van der Waals surface area (Å²) in [5, 5.41) is 12.9. The van der Waals surface area contributed by atoms with Gasteiger partial charge in [-0.2, -0.15) is 4.89 Å². The highest BCUT2D eigenvalue weighted by Gasteiger charge is 2.20. The maximum absolute atomic E-state index is 11.4. The second-order valence-electron chi connectivity index (χ2n) is 4.73. The Kier molecular flexibility index (Phi) is 5.84. The molecule has 0 saturated heterocycles. The van der Waals surface area contributed by atoms with Gasteiger partial charge in [0.05, 0.1) is 11.2 Å². The van der Waals surface area contributed by atoms with Crippen LogP contribution in [0.4, 0.5) is 0 Å². The minimum Gasteiger partial charge on any atom is -0.478 e. The molecule has 0 saturated carbocycles. The summed E-state index contributed by atoms with van der Waals surface area (Å²) in [4.78, 5) is 31.0. The summed E-state index contributed by atoms with van der Waals surface area (Å²) in [6, 6.07) is 0. The Bertz CT molecular complexity index is 310. The molecule has 0 radical (unpaired) electrons. The number of aliphatic carboxylic acids is 1. The first-order chi connectivity index (χ1) is 7.63. The monoisotopic (exact) mass is 246 g/mol. The summed E-state index contributed by atoms with van der Waals surface area (Å²) >= 11 is 0. The molecule has 6 nitrogen and oxygen atoms in total. The van der Waals surface area contributed by atoms with Crippen LogP contribution in [-0.2, 0) is 24.4 Å². The molecule has 0 fully saturated rings. The van der Waals surface area contributed by atoms with Gasteiger partial charge in [0.2, 0.25) is 0 Å². The van der Waals surface area contributed by atoms with Gasteiger partial charge in [0.1, 0.15) is 0 Å². The number of carbonyl (C=O) groups excluding carboxylic acids is 1. The molecule has 0 aliphatic rings. The molecule has 17 heavy (non-hydrogen) atoms. The van der Waals surface area contributed by atoms with Crippen molar-refractivity contribution in [1.82, 2.24) is 0 Å². The molecule has 0 aromatic rings. The van der Waals surface area contributed by atoms with Crippen LogP contribution in [0.5, 0.6) is 0 Å². The predicted molar refractivity (Wildman–Crippen MR) is 58.6 cm³/mol. The van der Waals surface area contributed by atoms with Crippen LogP contribution in [0.2, 0.25) is 0 Å². The smallest absolute Gasteiger partial charge is 0.372 e. The van der Waals surface area contributed by atoms with E-state index in [9.17, 15) is 9.59 Å². The topological polar surface area (TPSA) is 82.1 Å². The van der Waals surface area contributed by atoms with Crippen molar-refractivity contribution in [2.75, 3.05) is 0 Å². The summed E-state index contributed by atoms with van der Waals surface area (Å²) in [7, 11) is 0. The summed E-state index contributed by atoms with van der Waals surface area (Å²) in [6.45, 7) is 8.45. The van der Waals surface area contributed by atoms with Gasteiger partial charge in [-0.25, -0.2) is 9.59 Å². The zero-order valence-electron chi connectivity index (χ0n) is 10.6. The van der Waals surface area contributed by atoms with Crippen molar-refractivity contribution in [3.63, 3.8) is 0 Å². The normalized spacial score (nSPS) is 12.7. The quantitative estimate of drug-likeness (QED) is 0.453. The molecule has 0 aliphatic carbocycles. The number of hydrogen-bond acceptors (Lipinski definition) is 5. The molecule has 0 rings (SSSR count). The first-order valence-electron chi connectivity index (χ1n) is 5.14. The standard InChI is InChI=1S/C11H18O6/c1-7(2)8(6-9(12)13)10(14)15-17-16-11(3,4)5/h6-7H,1-5H3,(H,12,13)/b8-6+. The van der Waals surface area contributed by atoms with Gasteiger partial charge in [-0.15, -0.1) is 0 Å². The summed E-state index contributed by atoms with van der Waals surface area (Å²) in [5.74, 6) is -2.40. The molecule has 0 unspecified atom stereocenters. The molecule has 6 heteroatoms. The minimum absolute atomic E-state index is 0.00462. The highest BCUT2D eigenvalue weighted by atomic mass is 17.5. The number of carbonyl (C=O) groups is 2. The van der Waals surface area contributed by atoms with Gasteiger partial charge in [-0.1, -0.05) is 13.8 Å². The molecular weight excluding hydrogens is 228 g/mol. The van der Waals surface area contributed by atoms with Crippen molar-refractivity contribution < 1.29 is 29.5 Å². The van der Waals surface area contributed by atoms with Crippen LogP contribution in [0.15, 0.2) is 11.6 Å². The number of carboxylic acids is 1. The molecule has 0 atom stereocenters. The van der Waals surface area contributed by atoms with Gasteiger partial charge in [0.15, 0.2) is 0 Å². The first-order valence-corrected chi connectivity index (χ1v) is 5.14. The van der Waals surface area contributed by atoms with Crippen LogP contribution >= 0.6 is 0 Å². The van der Waals surface area contributed by atoms with Gasteiger partial charge in [0, 0.05) is 6.08 Å². The van der Waals surface area contributed by atoms with Crippen LogP contribution in [0.1, 0.15) is 34.6 Å². The van der Waals surface area contributed by atoms with Crippen molar-refractivity contribution in [2.45, 2.75) is 40.2 Å². The Hall–Kier alpha value is -1.40. The fourth-order valence-corrected chi connectivity index (χ4v) is 0.792. The molecule has 0 aromatic carbocycles. The van der Waals surface area contributed by atoms with E-state index in [1.807, 2.05) is 0 Å². The lowest BCUT2D eigenvalue weighted by Gasteiger charge is -2.16. The molecule has 0 aliphatic heterocycles. The van der Waals surface area contributed by atoms with E-state index in [0.717, 1.165) is 6.08 Å². The van der Waals surface area contributed by atoms with E-state index < -0.39 is 17.5 Å². The molecule has 0 bridgehead atoms. The molecular formula is C11H18O6. The van der Waals surface area contributed by atoms with Crippen molar-refractivity contribution in [3.05, 3.63) is 11.6 Å². The lowest BCUT2D eigenvalue weighted by Crippen LogP contribution is -2.22. The SMILES string of the molecule is CC(C)/C(=C\C(=O)O)C(=O)OOOC(C)(C)C. The largest absolute Gasteiger partial charge is 0.478 e. The maximum atomic E-state index is 11.4. The maximum Gasteiger partial charge on any atom is 0.372 e. The zero-order valence-corrected chi connectivity index (χ0v) is 10.6. The third-order valence-corrected chi connectivity index (χ3v) is 1.53. The van der Waals surface area contributed by atoms with Crippen molar-refractivity contribution >= 4 is 11.9 Å². The van der Waals surface area contributed by atoms with E-state index in [0.29, 0.717) is 0 Å². The van der Waals surface area contributed by atoms with Crippen molar-refractivity contribution in [3.8, 4) is 0 Å². The van der Waals surface area contributed by atoms with Crippen LogP contribution in [0.3, 0.4) is 0 Å². The Labute approximate surface area is 100 Å². The van der Waals surface area contributed by atoms with Gasteiger partial charge in [-0.05, 0) is 31.7 Å². The van der Waals surface area contributed by atoms with Gasteiger partial charge < -0.3 is 5.11 Å². The van der Waals surface area contributed by atoms with Gasteiger partial charge >= 0.3 is 11.9 Å². The van der Waals surface area contributed by atoms with Crippen LogP contribution in [-0.4, -0.2) is 22.6 Å². The summed E-state index contributed by atoms with van der Waals surface area (Å²) < 4.78 is 0. The highest BCUT2D eigenvalue weighted by molar-refractivity contribution is 5.95. The third kappa shape index (κ3) is 7.48. The third-order valence-electron chi connectivity index (χ3n) is 1.53. The van der Waals surface area contributed by atoms with Crippen molar-refractivity contribution in [1.29, 1.82) is 0 Å². The Morgan fingerprint density at radius 3 is 2.12 bits per heavy atom. The van der Waals surface area contributed by atoms with Gasteiger partial charge in [-0.3, -0.25) is 4.89 Å². The first kappa shape index (κ1) is 15.6. The minimum atomic E-state index is -1.22. The van der Waals surface area contributed by atoms with Gasteiger partial charge in [0.25, 0.3) is 0 Å². The van der Waals surface area contributed by atoms with E-state index in [1.54, 1.807) is 34.6 Å². The molecule has 0 amide bonds. The second kappa shape index (κ2) is 6.36. The van der Waals surface area contributed by atoms with E-state index in [-0.39, 0.29) is 11.5 Å². The van der Waals surface area contributed by atoms with Crippen LogP contribution < -0.4 is 0 Å². The van der Waals surface area contributed by atoms with E-state index >= 15 is 0 Å². The number of rotatable bonds is 5. The van der Waals surface area contributed by atoms with E-state index in [4.69, 9.17) is 9.99 Å². The Balaban J connectivity index is 4.42. The molecule has 0 heterocycles. The lowest BCUT2D eigenvalue weighted by molar-refractivity contribution is -0.513.